The Bertz CT molecular complexity index is 762. The fraction of sp³-hybridized carbons (Fsp3) is 0.0625. The van der Waals surface area contributed by atoms with E-state index < -0.39 is 0 Å². The lowest BCUT2D eigenvalue weighted by Crippen LogP contribution is -2.26. The number of amides is 1. The number of nitrogens with two attached hydrogens (primary N) is 1. The minimum atomic E-state index is -0.0778. The normalized spacial score (nSPS) is 10.7. The third-order valence-electron chi connectivity index (χ3n) is 3.32. The van der Waals surface area contributed by atoms with E-state index in [1.54, 1.807) is 11.9 Å². The molecule has 0 aliphatic heterocycles. The molecule has 0 aliphatic carbocycles. The van der Waals surface area contributed by atoms with Crippen LogP contribution < -0.4 is 10.6 Å². The molecule has 20 heavy (non-hydrogen) atoms. The van der Waals surface area contributed by atoms with Gasteiger partial charge in [0.05, 0.1) is 0 Å². The summed E-state index contributed by atoms with van der Waals surface area (Å²) in [6, 6.07) is 16.9. The molecule has 0 unspecified atom stereocenters. The van der Waals surface area contributed by atoms with Gasteiger partial charge in [-0.15, -0.1) is 0 Å². The molecule has 0 fully saturated rings. The number of carbonyl (C=O) groups excluding carboxylic acids is 1. The molecule has 3 aromatic rings. The van der Waals surface area contributed by atoms with Crippen molar-refractivity contribution >= 4 is 28.2 Å². The fourth-order valence-electron chi connectivity index (χ4n) is 2.22. The van der Waals surface area contributed by atoms with E-state index in [0.29, 0.717) is 11.4 Å². The molecule has 0 atom stereocenters. The van der Waals surface area contributed by atoms with Gasteiger partial charge in [-0.05, 0) is 36.4 Å². The number of nitrogen functional groups attached to an aromatic ring is 1. The number of anilines is 2. The monoisotopic (exact) mass is 265 g/mol. The number of aromatic amines is 1. The van der Waals surface area contributed by atoms with Crippen molar-refractivity contribution in [1.82, 2.24) is 4.98 Å². The van der Waals surface area contributed by atoms with Crippen molar-refractivity contribution in [2.24, 2.45) is 0 Å². The summed E-state index contributed by atoms with van der Waals surface area (Å²) in [4.78, 5) is 17.2. The Kier molecular flexibility index (Phi) is 2.91. The largest absolute Gasteiger partial charge is 0.399 e. The molecular formula is C16H15N3O. The Morgan fingerprint density at radius 3 is 2.60 bits per heavy atom. The molecule has 0 aliphatic rings. The topological polar surface area (TPSA) is 62.1 Å². The van der Waals surface area contributed by atoms with Crippen LogP contribution in [0.3, 0.4) is 0 Å². The van der Waals surface area contributed by atoms with Gasteiger partial charge in [0, 0.05) is 29.3 Å². The van der Waals surface area contributed by atoms with E-state index in [0.717, 1.165) is 16.6 Å². The van der Waals surface area contributed by atoms with Gasteiger partial charge in [-0.2, -0.15) is 0 Å². The smallest absolute Gasteiger partial charge is 0.274 e. The zero-order valence-electron chi connectivity index (χ0n) is 11.1. The Labute approximate surface area is 116 Å². The van der Waals surface area contributed by atoms with Crippen LogP contribution in [0.5, 0.6) is 0 Å². The molecule has 1 heterocycles. The van der Waals surface area contributed by atoms with Crippen molar-refractivity contribution in [2.75, 3.05) is 17.7 Å². The van der Waals surface area contributed by atoms with Crippen molar-refractivity contribution < 1.29 is 4.79 Å². The maximum atomic E-state index is 12.5. The summed E-state index contributed by atoms with van der Waals surface area (Å²) >= 11 is 0. The minimum absolute atomic E-state index is 0.0778. The highest BCUT2D eigenvalue weighted by molar-refractivity contribution is 6.07. The van der Waals surface area contributed by atoms with Gasteiger partial charge in [-0.25, -0.2) is 0 Å². The molecule has 3 N–H and O–H groups in total. The standard InChI is InChI=1S/C16H15N3O/c1-19(13-5-3-2-4-6-13)16(20)15-10-11-9-12(17)7-8-14(11)18-15/h2-10,18H,17H2,1H3. The van der Waals surface area contributed by atoms with Crippen LogP contribution in [0.1, 0.15) is 10.5 Å². The van der Waals surface area contributed by atoms with E-state index in [4.69, 9.17) is 5.73 Å². The molecule has 0 radical (unpaired) electrons. The number of nitrogens with zero attached hydrogens (tertiary/aromatic N) is 1. The predicted octanol–water partition coefficient (Wildman–Crippen LogP) is 3.03. The van der Waals surface area contributed by atoms with Gasteiger partial charge in [0.2, 0.25) is 0 Å². The molecule has 1 aromatic heterocycles. The third kappa shape index (κ3) is 2.12. The van der Waals surface area contributed by atoms with Crippen molar-refractivity contribution in [3.05, 3.63) is 60.3 Å². The first-order valence-corrected chi connectivity index (χ1v) is 6.36. The van der Waals surface area contributed by atoms with Crippen LogP contribution in [-0.2, 0) is 0 Å². The SMILES string of the molecule is CN(C(=O)c1cc2cc(N)ccc2[nH]1)c1ccccc1. The number of nitrogens with one attached hydrogen (secondary N) is 1. The van der Waals surface area contributed by atoms with Gasteiger partial charge >= 0.3 is 0 Å². The van der Waals surface area contributed by atoms with Gasteiger partial charge in [0.25, 0.3) is 5.91 Å². The number of fused-ring (bicyclic) bond motifs is 1. The van der Waals surface area contributed by atoms with E-state index in [9.17, 15) is 4.79 Å². The molecular weight excluding hydrogens is 250 g/mol. The highest BCUT2D eigenvalue weighted by atomic mass is 16.2. The second-order valence-electron chi connectivity index (χ2n) is 4.73. The van der Waals surface area contributed by atoms with E-state index in [1.165, 1.54) is 0 Å². The number of hydrogen-bond acceptors (Lipinski definition) is 2. The molecule has 4 nitrogen and oxygen atoms in total. The Morgan fingerprint density at radius 1 is 1.10 bits per heavy atom. The molecule has 0 spiro atoms. The molecule has 2 aromatic carbocycles. The Balaban J connectivity index is 1.96. The summed E-state index contributed by atoms with van der Waals surface area (Å²) in [6.45, 7) is 0. The lowest BCUT2D eigenvalue weighted by Gasteiger charge is -2.16. The highest BCUT2D eigenvalue weighted by Crippen LogP contribution is 2.21. The van der Waals surface area contributed by atoms with Crippen LogP contribution in [0, 0.1) is 0 Å². The number of aromatic nitrogens is 1. The van der Waals surface area contributed by atoms with Crippen molar-refractivity contribution in [3.63, 3.8) is 0 Å². The number of para-hydroxylation sites is 1. The van der Waals surface area contributed by atoms with Gasteiger partial charge in [0.1, 0.15) is 5.69 Å². The van der Waals surface area contributed by atoms with Crippen LogP contribution in [0.4, 0.5) is 11.4 Å². The number of carbonyl (C=O) groups is 1. The third-order valence-corrected chi connectivity index (χ3v) is 3.32. The number of rotatable bonds is 2. The lowest BCUT2D eigenvalue weighted by molar-refractivity contribution is 0.0989. The van der Waals surface area contributed by atoms with Gasteiger partial charge in [-0.1, -0.05) is 18.2 Å². The number of H-pyrrole nitrogens is 1. The average Bonchev–Trinajstić information content (AvgIpc) is 2.89. The molecule has 0 bridgehead atoms. The van der Waals surface area contributed by atoms with Crippen LogP contribution in [-0.4, -0.2) is 17.9 Å². The summed E-state index contributed by atoms with van der Waals surface area (Å²) in [5, 5.41) is 0.940. The van der Waals surface area contributed by atoms with E-state index in [-0.39, 0.29) is 5.91 Å². The minimum Gasteiger partial charge on any atom is -0.399 e. The zero-order valence-corrected chi connectivity index (χ0v) is 11.1. The van der Waals surface area contributed by atoms with E-state index in [2.05, 4.69) is 4.98 Å². The summed E-state index contributed by atoms with van der Waals surface area (Å²) in [6.07, 6.45) is 0. The quantitative estimate of drug-likeness (QED) is 0.700. The molecule has 100 valence electrons. The summed E-state index contributed by atoms with van der Waals surface area (Å²) in [5.74, 6) is -0.0778. The Hall–Kier alpha value is -2.75. The second-order valence-corrected chi connectivity index (χ2v) is 4.73. The van der Waals surface area contributed by atoms with Gasteiger partial charge in [-0.3, -0.25) is 4.79 Å². The average molecular weight is 265 g/mol. The predicted molar refractivity (Wildman–Crippen MR) is 81.9 cm³/mol. The van der Waals surface area contributed by atoms with Crippen molar-refractivity contribution in [1.29, 1.82) is 0 Å². The first kappa shape index (κ1) is 12.3. The van der Waals surface area contributed by atoms with Crippen LogP contribution in [0.15, 0.2) is 54.6 Å². The zero-order chi connectivity index (χ0) is 14.1. The van der Waals surface area contributed by atoms with Crippen LogP contribution >= 0.6 is 0 Å². The Morgan fingerprint density at radius 2 is 1.85 bits per heavy atom. The molecule has 1 amide bonds. The lowest BCUT2D eigenvalue weighted by atomic mass is 10.2. The highest BCUT2D eigenvalue weighted by Gasteiger charge is 2.15. The van der Waals surface area contributed by atoms with Crippen molar-refractivity contribution in [3.8, 4) is 0 Å². The first-order chi connectivity index (χ1) is 9.65. The maximum Gasteiger partial charge on any atom is 0.274 e. The van der Waals surface area contributed by atoms with E-state index >= 15 is 0 Å². The van der Waals surface area contributed by atoms with E-state index in [1.807, 2.05) is 54.6 Å². The maximum absolute atomic E-state index is 12.5. The fourth-order valence-corrected chi connectivity index (χ4v) is 2.22. The van der Waals surface area contributed by atoms with Crippen molar-refractivity contribution in [2.45, 2.75) is 0 Å². The molecule has 0 saturated carbocycles. The van der Waals surface area contributed by atoms with Crippen LogP contribution in [0.2, 0.25) is 0 Å². The van der Waals surface area contributed by atoms with Gasteiger partial charge in [0.15, 0.2) is 0 Å². The molecule has 4 heteroatoms. The molecule has 3 rings (SSSR count). The van der Waals surface area contributed by atoms with Crippen LogP contribution in [0.25, 0.3) is 10.9 Å². The summed E-state index contributed by atoms with van der Waals surface area (Å²) in [5.41, 5.74) is 8.75. The first-order valence-electron chi connectivity index (χ1n) is 6.36. The summed E-state index contributed by atoms with van der Waals surface area (Å²) < 4.78 is 0. The number of hydrogen-bond donors (Lipinski definition) is 2. The number of benzene rings is 2. The molecule has 0 saturated heterocycles. The second kappa shape index (κ2) is 4.74. The summed E-state index contributed by atoms with van der Waals surface area (Å²) in [7, 11) is 1.76. The van der Waals surface area contributed by atoms with Gasteiger partial charge < -0.3 is 15.6 Å².